The van der Waals surface area contributed by atoms with Crippen LogP contribution in [0.2, 0.25) is 0 Å². The minimum Gasteiger partial charge on any atom is -0.335 e. The highest BCUT2D eigenvalue weighted by molar-refractivity contribution is 7.99. The topological polar surface area (TPSA) is 54.0 Å². The highest BCUT2D eigenvalue weighted by Gasteiger charge is 2.25. The van der Waals surface area contributed by atoms with Crippen molar-refractivity contribution < 1.29 is 4.79 Å². The molecule has 20 heavy (non-hydrogen) atoms. The van der Waals surface area contributed by atoms with E-state index >= 15 is 0 Å². The summed E-state index contributed by atoms with van der Waals surface area (Å²) in [4.78, 5) is 17.5. The molecular weight excluding hydrogens is 290 g/mol. The number of hydrogen-bond donors (Lipinski definition) is 2. The van der Waals surface area contributed by atoms with Crippen LogP contribution in [-0.4, -0.2) is 28.1 Å². The highest BCUT2D eigenvalue weighted by Crippen LogP contribution is 2.29. The quantitative estimate of drug-likeness (QED) is 0.877. The molecule has 1 aliphatic carbocycles. The van der Waals surface area contributed by atoms with E-state index in [1.54, 1.807) is 11.3 Å². The number of rotatable bonds is 5. The summed E-state index contributed by atoms with van der Waals surface area (Å²) < 4.78 is 0. The Kier molecular flexibility index (Phi) is 5.72. The molecule has 0 bridgehead atoms. The van der Waals surface area contributed by atoms with Crippen LogP contribution in [0.1, 0.15) is 41.8 Å². The van der Waals surface area contributed by atoms with Gasteiger partial charge >= 0.3 is 6.03 Å². The molecule has 0 saturated heterocycles. The molecule has 1 aliphatic rings. The van der Waals surface area contributed by atoms with Crippen molar-refractivity contribution in [2.45, 2.75) is 57.9 Å². The van der Waals surface area contributed by atoms with Crippen LogP contribution in [0.3, 0.4) is 0 Å². The molecule has 0 spiro atoms. The minimum atomic E-state index is -0.0670. The van der Waals surface area contributed by atoms with Crippen molar-refractivity contribution in [3.8, 4) is 0 Å². The molecule has 2 N–H and O–H groups in total. The second kappa shape index (κ2) is 7.31. The van der Waals surface area contributed by atoms with Gasteiger partial charge in [0, 0.05) is 16.2 Å². The molecule has 0 radical (unpaired) electrons. The minimum absolute atomic E-state index is 0.0670. The van der Waals surface area contributed by atoms with E-state index in [1.165, 1.54) is 11.3 Å². The number of carbonyl (C=O) groups is 1. The average Bonchev–Trinajstić information content (AvgIpc) is 2.96. The van der Waals surface area contributed by atoms with Crippen LogP contribution in [-0.2, 0) is 6.54 Å². The number of urea groups is 1. The molecule has 2 atom stereocenters. The summed E-state index contributed by atoms with van der Waals surface area (Å²) in [6.07, 6.45) is 3.41. The molecule has 0 aromatic carbocycles. The number of thiazole rings is 1. The van der Waals surface area contributed by atoms with Crippen molar-refractivity contribution in [1.29, 1.82) is 0 Å². The smallest absolute Gasteiger partial charge is 0.315 e. The lowest BCUT2D eigenvalue weighted by atomic mass is 10.2. The molecule has 1 aromatic rings. The van der Waals surface area contributed by atoms with Gasteiger partial charge < -0.3 is 10.6 Å². The standard InChI is InChI=1S/C14H23N3OS2/c1-4-19-12-6-5-11(7-12)17-14(18)15-8-13-16-9(2)10(3)20-13/h11-12H,4-8H2,1-3H3,(H2,15,17,18). The van der Waals surface area contributed by atoms with Gasteiger partial charge in [-0.25, -0.2) is 9.78 Å². The maximum atomic E-state index is 11.9. The third-order valence-electron chi connectivity index (χ3n) is 3.60. The molecule has 1 aromatic heterocycles. The molecule has 1 fully saturated rings. The van der Waals surface area contributed by atoms with Gasteiger partial charge in [0.1, 0.15) is 5.01 Å². The first-order valence-corrected chi connectivity index (χ1v) is 9.04. The largest absolute Gasteiger partial charge is 0.335 e. The van der Waals surface area contributed by atoms with Crippen LogP contribution < -0.4 is 10.6 Å². The first kappa shape index (κ1) is 15.6. The number of hydrogen-bond acceptors (Lipinski definition) is 4. The monoisotopic (exact) mass is 313 g/mol. The van der Waals surface area contributed by atoms with Crippen LogP contribution in [0.25, 0.3) is 0 Å². The molecular formula is C14H23N3OS2. The van der Waals surface area contributed by atoms with Gasteiger partial charge in [-0.3, -0.25) is 0 Å². The predicted molar refractivity (Wildman–Crippen MR) is 86.5 cm³/mol. The first-order valence-electron chi connectivity index (χ1n) is 7.17. The summed E-state index contributed by atoms with van der Waals surface area (Å²) in [5.41, 5.74) is 1.06. The third kappa shape index (κ3) is 4.38. The zero-order valence-corrected chi connectivity index (χ0v) is 14.0. The van der Waals surface area contributed by atoms with Crippen LogP contribution in [0.5, 0.6) is 0 Å². The Morgan fingerprint density at radius 3 is 2.90 bits per heavy atom. The van der Waals surface area contributed by atoms with Gasteiger partial charge in [0.05, 0.1) is 12.2 Å². The molecule has 0 aliphatic heterocycles. The van der Waals surface area contributed by atoms with Crippen LogP contribution in [0, 0.1) is 13.8 Å². The average molecular weight is 313 g/mol. The Hall–Kier alpha value is -0.750. The Balaban J connectivity index is 1.71. The second-order valence-corrected chi connectivity index (χ2v) is 8.03. The Morgan fingerprint density at radius 1 is 1.45 bits per heavy atom. The molecule has 2 amide bonds. The van der Waals surface area contributed by atoms with Gasteiger partial charge in [-0.1, -0.05) is 6.92 Å². The zero-order valence-electron chi connectivity index (χ0n) is 12.4. The van der Waals surface area contributed by atoms with Crippen LogP contribution in [0.15, 0.2) is 0 Å². The van der Waals surface area contributed by atoms with E-state index in [2.05, 4.69) is 29.5 Å². The van der Waals surface area contributed by atoms with Gasteiger partial charge in [-0.2, -0.15) is 11.8 Å². The molecule has 112 valence electrons. The fourth-order valence-electron chi connectivity index (χ4n) is 2.47. The van der Waals surface area contributed by atoms with Crippen LogP contribution in [0.4, 0.5) is 4.79 Å². The maximum absolute atomic E-state index is 11.9. The number of aromatic nitrogens is 1. The lowest BCUT2D eigenvalue weighted by Gasteiger charge is -2.13. The number of thioether (sulfide) groups is 1. The first-order chi connectivity index (χ1) is 9.58. The van der Waals surface area contributed by atoms with Crippen molar-refractivity contribution in [3.05, 3.63) is 15.6 Å². The van der Waals surface area contributed by atoms with Gasteiger partial charge in [0.25, 0.3) is 0 Å². The van der Waals surface area contributed by atoms with E-state index in [0.717, 1.165) is 34.5 Å². The molecule has 2 unspecified atom stereocenters. The summed E-state index contributed by atoms with van der Waals surface area (Å²) in [6.45, 7) is 6.77. The molecule has 4 nitrogen and oxygen atoms in total. The van der Waals surface area contributed by atoms with E-state index in [4.69, 9.17) is 0 Å². The SMILES string of the molecule is CCSC1CCC(NC(=O)NCc2nc(C)c(C)s2)C1. The third-order valence-corrected chi connectivity index (χ3v) is 5.90. The van der Waals surface area contributed by atoms with Crippen molar-refractivity contribution >= 4 is 29.1 Å². The van der Waals surface area contributed by atoms with Crippen LogP contribution >= 0.6 is 23.1 Å². The molecule has 6 heteroatoms. The van der Waals surface area contributed by atoms with Crippen molar-refractivity contribution in [2.24, 2.45) is 0 Å². The van der Waals surface area contributed by atoms with E-state index in [0.29, 0.717) is 12.6 Å². The second-order valence-electron chi connectivity index (χ2n) is 5.16. The summed E-state index contributed by atoms with van der Waals surface area (Å²) >= 11 is 3.65. The fourth-order valence-corrected chi connectivity index (χ4v) is 4.48. The van der Waals surface area contributed by atoms with Gasteiger partial charge in [-0.15, -0.1) is 11.3 Å². The molecule has 1 saturated carbocycles. The summed E-state index contributed by atoms with van der Waals surface area (Å²) in [5, 5.41) is 7.67. The van der Waals surface area contributed by atoms with E-state index in [1.807, 2.05) is 18.7 Å². The predicted octanol–water partition coefficient (Wildman–Crippen LogP) is 3.23. The highest BCUT2D eigenvalue weighted by atomic mass is 32.2. The number of nitrogens with one attached hydrogen (secondary N) is 2. The Labute approximate surface area is 129 Å². The zero-order chi connectivity index (χ0) is 14.5. The maximum Gasteiger partial charge on any atom is 0.315 e. The Bertz CT molecular complexity index is 442. The number of aryl methyl sites for hydroxylation is 2. The summed E-state index contributed by atoms with van der Waals surface area (Å²) in [6, 6.07) is 0.265. The van der Waals surface area contributed by atoms with Crippen molar-refractivity contribution in [2.75, 3.05) is 5.75 Å². The lowest BCUT2D eigenvalue weighted by molar-refractivity contribution is 0.236. The number of nitrogens with zero attached hydrogens (tertiary/aromatic N) is 1. The van der Waals surface area contributed by atoms with Crippen molar-refractivity contribution in [1.82, 2.24) is 15.6 Å². The number of amides is 2. The van der Waals surface area contributed by atoms with Gasteiger partial charge in [-0.05, 0) is 38.9 Å². The van der Waals surface area contributed by atoms with Crippen molar-refractivity contribution in [3.63, 3.8) is 0 Å². The normalized spacial score (nSPS) is 21.9. The summed E-state index contributed by atoms with van der Waals surface area (Å²) in [7, 11) is 0. The molecule has 2 rings (SSSR count). The molecule has 1 heterocycles. The van der Waals surface area contributed by atoms with Gasteiger partial charge in [0.2, 0.25) is 0 Å². The number of carbonyl (C=O) groups excluding carboxylic acids is 1. The lowest BCUT2D eigenvalue weighted by Crippen LogP contribution is -2.40. The summed E-state index contributed by atoms with van der Waals surface area (Å²) in [5.74, 6) is 1.16. The van der Waals surface area contributed by atoms with E-state index < -0.39 is 0 Å². The fraction of sp³-hybridized carbons (Fsp3) is 0.714. The van der Waals surface area contributed by atoms with Gasteiger partial charge in [0.15, 0.2) is 0 Å². The Morgan fingerprint density at radius 2 is 2.25 bits per heavy atom. The van der Waals surface area contributed by atoms with E-state index in [-0.39, 0.29) is 6.03 Å². The van der Waals surface area contributed by atoms with E-state index in [9.17, 15) is 4.79 Å².